The molecule has 0 unspecified atom stereocenters. The van der Waals surface area contributed by atoms with Crippen LogP contribution in [-0.2, 0) is 4.79 Å². The standard InChI is InChI=1S/C20H20FN3O3/c21-16-6-4-14(5-7-16)19(26)23-17-3-1-2-15(12-17)20(27)24-10-8-13(9-11-24)18(22)25/h1-7,12-13H,8-11H2,(H2,22,25)(H,23,26). The number of hydrogen-bond donors (Lipinski definition) is 2. The van der Waals surface area contributed by atoms with Gasteiger partial charge in [0.25, 0.3) is 11.8 Å². The van der Waals surface area contributed by atoms with Gasteiger partial charge in [-0.1, -0.05) is 6.07 Å². The zero-order valence-electron chi connectivity index (χ0n) is 14.7. The van der Waals surface area contributed by atoms with E-state index in [1.54, 1.807) is 29.2 Å². The van der Waals surface area contributed by atoms with Crippen molar-refractivity contribution in [3.05, 3.63) is 65.5 Å². The minimum Gasteiger partial charge on any atom is -0.369 e. The molecule has 0 aliphatic carbocycles. The molecule has 1 saturated heterocycles. The first kappa shape index (κ1) is 18.6. The van der Waals surface area contributed by atoms with Crippen LogP contribution < -0.4 is 11.1 Å². The fourth-order valence-electron chi connectivity index (χ4n) is 3.08. The Morgan fingerprint density at radius 2 is 1.67 bits per heavy atom. The molecule has 140 valence electrons. The van der Waals surface area contributed by atoms with E-state index in [9.17, 15) is 18.8 Å². The van der Waals surface area contributed by atoms with Gasteiger partial charge in [-0.3, -0.25) is 14.4 Å². The van der Waals surface area contributed by atoms with Gasteiger partial charge in [0.2, 0.25) is 5.91 Å². The fraction of sp³-hybridized carbons (Fsp3) is 0.250. The van der Waals surface area contributed by atoms with Crippen molar-refractivity contribution in [3.8, 4) is 0 Å². The highest BCUT2D eigenvalue weighted by atomic mass is 19.1. The first-order valence-corrected chi connectivity index (χ1v) is 8.69. The van der Waals surface area contributed by atoms with E-state index in [1.807, 2.05) is 0 Å². The number of nitrogens with two attached hydrogens (primary N) is 1. The molecule has 7 heteroatoms. The summed E-state index contributed by atoms with van der Waals surface area (Å²) >= 11 is 0. The highest BCUT2D eigenvalue weighted by Crippen LogP contribution is 2.20. The summed E-state index contributed by atoms with van der Waals surface area (Å²) in [4.78, 5) is 37.8. The summed E-state index contributed by atoms with van der Waals surface area (Å²) in [6, 6.07) is 11.8. The van der Waals surface area contributed by atoms with E-state index in [1.165, 1.54) is 24.3 Å². The van der Waals surface area contributed by atoms with E-state index in [0.29, 0.717) is 42.7 Å². The number of piperidine rings is 1. The first-order chi connectivity index (χ1) is 12.9. The average Bonchev–Trinajstić information content (AvgIpc) is 2.68. The van der Waals surface area contributed by atoms with Gasteiger partial charge in [0.1, 0.15) is 5.82 Å². The number of benzene rings is 2. The monoisotopic (exact) mass is 369 g/mol. The highest BCUT2D eigenvalue weighted by molar-refractivity contribution is 6.05. The van der Waals surface area contributed by atoms with Gasteiger partial charge in [-0.25, -0.2) is 4.39 Å². The Morgan fingerprint density at radius 3 is 2.30 bits per heavy atom. The zero-order valence-corrected chi connectivity index (χ0v) is 14.7. The quantitative estimate of drug-likeness (QED) is 0.867. The van der Waals surface area contributed by atoms with Crippen LogP contribution in [0, 0.1) is 11.7 Å². The maximum atomic E-state index is 13.0. The number of rotatable bonds is 4. The molecule has 0 atom stereocenters. The van der Waals surface area contributed by atoms with Crippen LogP contribution >= 0.6 is 0 Å². The molecule has 3 rings (SSSR count). The van der Waals surface area contributed by atoms with Crippen LogP contribution in [0.25, 0.3) is 0 Å². The van der Waals surface area contributed by atoms with Crippen LogP contribution in [0.1, 0.15) is 33.6 Å². The molecule has 0 aromatic heterocycles. The van der Waals surface area contributed by atoms with Gasteiger partial charge in [0, 0.05) is 35.8 Å². The third-order valence-corrected chi connectivity index (χ3v) is 4.66. The second-order valence-electron chi connectivity index (χ2n) is 6.51. The lowest BCUT2D eigenvalue weighted by molar-refractivity contribution is -0.123. The Bertz CT molecular complexity index is 859. The van der Waals surface area contributed by atoms with Crippen LogP contribution in [0.3, 0.4) is 0 Å². The molecule has 2 aromatic carbocycles. The molecule has 0 radical (unpaired) electrons. The van der Waals surface area contributed by atoms with Gasteiger partial charge in [-0.05, 0) is 55.3 Å². The van der Waals surface area contributed by atoms with Gasteiger partial charge >= 0.3 is 0 Å². The Kier molecular flexibility index (Phi) is 5.49. The van der Waals surface area contributed by atoms with Crippen LogP contribution in [0.5, 0.6) is 0 Å². The Morgan fingerprint density at radius 1 is 1.00 bits per heavy atom. The molecular formula is C20H20FN3O3. The molecule has 27 heavy (non-hydrogen) atoms. The summed E-state index contributed by atoms with van der Waals surface area (Å²) in [6.45, 7) is 0.942. The number of halogens is 1. The zero-order chi connectivity index (χ0) is 19.4. The van der Waals surface area contributed by atoms with Crippen molar-refractivity contribution in [1.29, 1.82) is 0 Å². The summed E-state index contributed by atoms with van der Waals surface area (Å²) in [7, 11) is 0. The number of carbonyl (C=O) groups is 3. The third-order valence-electron chi connectivity index (χ3n) is 4.66. The number of nitrogens with zero attached hydrogens (tertiary/aromatic N) is 1. The normalized spacial score (nSPS) is 14.6. The van der Waals surface area contributed by atoms with Crippen molar-refractivity contribution in [3.63, 3.8) is 0 Å². The van der Waals surface area contributed by atoms with Gasteiger partial charge in [-0.15, -0.1) is 0 Å². The van der Waals surface area contributed by atoms with Gasteiger partial charge in [-0.2, -0.15) is 0 Å². The molecule has 0 spiro atoms. The molecule has 1 aliphatic heterocycles. The van der Waals surface area contributed by atoms with Crippen molar-refractivity contribution in [2.45, 2.75) is 12.8 Å². The Balaban J connectivity index is 1.66. The highest BCUT2D eigenvalue weighted by Gasteiger charge is 2.26. The SMILES string of the molecule is NC(=O)C1CCN(C(=O)c2cccc(NC(=O)c3ccc(F)cc3)c2)CC1. The molecule has 0 bridgehead atoms. The van der Waals surface area contributed by atoms with Crippen molar-refractivity contribution < 1.29 is 18.8 Å². The number of anilines is 1. The summed E-state index contributed by atoms with van der Waals surface area (Å²) < 4.78 is 13.0. The molecular weight excluding hydrogens is 349 g/mol. The van der Waals surface area contributed by atoms with Crippen LogP contribution in [0.2, 0.25) is 0 Å². The average molecular weight is 369 g/mol. The second-order valence-corrected chi connectivity index (χ2v) is 6.51. The Labute approximate surface area is 156 Å². The van der Waals surface area contributed by atoms with E-state index in [2.05, 4.69) is 5.32 Å². The maximum absolute atomic E-state index is 13.0. The van der Waals surface area contributed by atoms with E-state index in [-0.39, 0.29) is 23.6 Å². The molecule has 1 aliphatic rings. The van der Waals surface area contributed by atoms with Crippen molar-refractivity contribution in [2.75, 3.05) is 18.4 Å². The van der Waals surface area contributed by atoms with Crippen molar-refractivity contribution in [2.24, 2.45) is 11.7 Å². The topological polar surface area (TPSA) is 92.5 Å². The van der Waals surface area contributed by atoms with E-state index in [0.717, 1.165) is 0 Å². The van der Waals surface area contributed by atoms with Crippen LogP contribution in [-0.4, -0.2) is 35.7 Å². The lowest BCUT2D eigenvalue weighted by Crippen LogP contribution is -2.41. The second kappa shape index (κ2) is 7.99. The summed E-state index contributed by atoms with van der Waals surface area (Å²) in [5.74, 6) is -1.47. The number of amides is 3. The lowest BCUT2D eigenvalue weighted by Gasteiger charge is -2.30. The van der Waals surface area contributed by atoms with Crippen molar-refractivity contribution >= 4 is 23.4 Å². The largest absolute Gasteiger partial charge is 0.369 e. The minimum atomic E-state index is -0.417. The van der Waals surface area contributed by atoms with Crippen molar-refractivity contribution in [1.82, 2.24) is 4.90 Å². The molecule has 1 heterocycles. The molecule has 1 fully saturated rings. The number of primary amides is 1. The molecule has 2 aromatic rings. The Hall–Kier alpha value is -3.22. The van der Waals surface area contributed by atoms with Crippen LogP contribution in [0.4, 0.5) is 10.1 Å². The first-order valence-electron chi connectivity index (χ1n) is 8.69. The minimum absolute atomic E-state index is 0.157. The smallest absolute Gasteiger partial charge is 0.255 e. The predicted octanol–water partition coefficient (Wildman–Crippen LogP) is 2.42. The number of carbonyl (C=O) groups excluding carboxylic acids is 3. The molecule has 3 amide bonds. The number of nitrogens with one attached hydrogen (secondary N) is 1. The van der Waals surface area contributed by atoms with Crippen LogP contribution in [0.15, 0.2) is 48.5 Å². The predicted molar refractivity (Wildman–Crippen MR) is 98.6 cm³/mol. The van der Waals surface area contributed by atoms with Gasteiger partial charge in [0.05, 0.1) is 0 Å². The third kappa shape index (κ3) is 4.49. The summed E-state index contributed by atoms with van der Waals surface area (Å²) in [5, 5.41) is 2.70. The summed E-state index contributed by atoms with van der Waals surface area (Å²) in [6.07, 6.45) is 1.12. The molecule has 0 saturated carbocycles. The lowest BCUT2D eigenvalue weighted by atomic mass is 9.96. The number of likely N-dealkylation sites (tertiary alicyclic amines) is 1. The molecule has 6 nitrogen and oxygen atoms in total. The number of hydrogen-bond acceptors (Lipinski definition) is 3. The molecule has 3 N–H and O–H groups in total. The van der Waals surface area contributed by atoms with Gasteiger partial charge in [0.15, 0.2) is 0 Å². The van der Waals surface area contributed by atoms with Gasteiger partial charge < -0.3 is 16.0 Å². The fourth-order valence-corrected chi connectivity index (χ4v) is 3.08. The summed E-state index contributed by atoms with van der Waals surface area (Å²) in [5.41, 5.74) is 6.56. The van der Waals surface area contributed by atoms with E-state index >= 15 is 0 Å². The van der Waals surface area contributed by atoms with E-state index < -0.39 is 5.82 Å². The van der Waals surface area contributed by atoms with E-state index in [4.69, 9.17) is 5.73 Å². The maximum Gasteiger partial charge on any atom is 0.255 e.